The number of hydrogen-bond acceptors (Lipinski definition) is 7. The zero-order valence-corrected chi connectivity index (χ0v) is 27.2. The predicted octanol–water partition coefficient (Wildman–Crippen LogP) is 5.84. The number of alkyl carbamates (subject to hydrolysis) is 1. The molecule has 2 aromatic carbocycles. The molecule has 0 radical (unpaired) electrons. The Morgan fingerprint density at radius 1 is 1.05 bits per heavy atom. The second kappa shape index (κ2) is 14.0. The Hall–Kier alpha value is -3.64. The smallest absolute Gasteiger partial charge is 0.407 e. The van der Waals surface area contributed by atoms with Crippen LogP contribution in [0.4, 0.5) is 10.5 Å². The maximum absolute atomic E-state index is 13.3. The van der Waals surface area contributed by atoms with Crippen molar-refractivity contribution in [3.05, 3.63) is 78.9 Å². The molecular weight excluding hydrogens is 629 g/mol. The number of ether oxygens (including phenoxy) is 1. The average Bonchev–Trinajstić information content (AvgIpc) is 3.28. The number of anilines is 1. The normalized spacial score (nSPS) is 11.7. The van der Waals surface area contributed by atoms with Crippen molar-refractivity contribution in [2.75, 3.05) is 25.0 Å². The van der Waals surface area contributed by atoms with Gasteiger partial charge in [-0.05, 0) is 56.5 Å². The number of aromatic nitrogens is 4. The molecular formula is C30H34Cl3N7O4. The van der Waals surface area contributed by atoms with E-state index in [0.29, 0.717) is 58.5 Å². The molecule has 234 valence electrons. The molecule has 11 nitrogen and oxygen atoms in total. The van der Waals surface area contributed by atoms with Crippen LogP contribution in [-0.2, 0) is 16.0 Å². The zero-order valence-electron chi connectivity index (χ0n) is 25.0. The Labute approximate surface area is 269 Å². The lowest BCUT2D eigenvalue weighted by Gasteiger charge is -2.19. The summed E-state index contributed by atoms with van der Waals surface area (Å²) in [7, 11) is 0. The Kier molecular flexibility index (Phi) is 10.6. The van der Waals surface area contributed by atoms with Crippen LogP contribution in [0.5, 0.6) is 0 Å². The minimum atomic E-state index is -0.572. The Bertz CT molecular complexity index is 1700. The van der Waals surface area contributed by atoms with Crippen molar-refractivity contribution in [1.29, 1.82) is 0 Å². The van der Waals surface area contributed by atoms with Crippen LogP contribution >= 0.6 is 34.8 Å². The molecule has 0 unspecified atom stereocenters. The van der Waals surface area contributed by atoms with Gasteiger partial charge in [-0.2, -0.15) is 5.10 Å². The third-order valence-electron chi connectivity index (χ3n) is 6.22. The third kappa shape index (κ3) is 8.50. The van der Waals surface area contributed by atoms with Gasteiger partial charge in [-0.1, -0.05) is 60.8 Å². The largest absolute Gasteiger partial charge is 0.444 e. The number of nitrogens with one attached hydrogen (secondary N) is 4. The van der Waals surface area contributed by atoms with Gasteiger partial charge in [0.25, 0.3) is 5.56 Å². The molecule has 4 aromatic rings. The lowest BCUT2D eigenvalue weighted by molar-refractivity contribution is -0.115. The quantitative estimate of drug-likeness (QED) is 0.156. The van der Waals surface area contributed by atoms with E-state index >= 15 is 0 Å². The maximum Gasteiger partial charge on any atom is 0.407 e. The average molecular weight is 663 g/mol. The van der Waals surface area contributed by atoms with E-state index in [1.54, 1.807) is 45.0 Å². The van der Waals surface area contributed by atoms with E-state index in [1.165, 1.54) is 4.68 Å². The monoisotopic (exact) mass is 661 g/mol. The van der Waals surface area contributed by atoms with E-state index in [1.807, 2.05) is 26.0 Å². The number of carbonyl (C=O) groups excluding carboxylic acids is 2. The molecule has 2 amide bonds. The summed E-state index contributed by atoms with van der Waals surface area (Å²) >= 11 is 19.1. The van der Waals surface area contributed by atoms with E-state index in [9.17, 15) is 14.4 Å². The van der Waals surface area contributed by atoms with Gasteiger partial charge < -0.3 is 25.7 Å². The summed E-state index contributed by atoms with van der Waals surface area (Å²) < 4.78 is 6.66. The highest BCUT2D eigenvalue weighted by Gasteiger charge is 2.23. The molecule has 0 fully saturated rings. The number of hydrogen-bond donors (Lipinski definition) is 4. The number of amides is 2. The molecule has 0 saturated carbocycles. The summed E-state index contributed by atoms with van der Waals surface area (Å²) in [4.78, 5) is 44.9. The molecule has 0 aliphatic heterocycles. The van der Waals surface area contributed by atoms with Crippen LogP contribution in [0, 0.1) is 0 Å². The number of carbonyl (C=O) groups is 2. The van der Waals surface area contributed by atoms with Gasteiger partial charge in [0, 0.05) is 30.2 Å². The van der Waals surface area contributed by atoms with Gasteiger partial charge in [0.05, 0.1) is 22.3 Å². The zero-order chi connectivity index (χ0) is 32.2. The van der Waals surface area contributed by atoms with Gasteiger partial charge in [-0.3, -0.25) is 9.59 Å². The maximum atomic E-state index is 13.3. The van der Waals surface area contributed by atoms with E-state index < -0.39 is 11.7 Å². The predicted molar refractivity (Wildman–Crippen MR) is 174 cm³/mol. The number of H-pyrrole nitrogens is 1. The summed E-state index contributed by atoms with van der Waals surface area (Å²) in [6.07, 6.45) is -0.195. The fraction of sp³-hybridized carbons (Fsp3) is 0.367. The van der Waals surface area contributed by atoms with Gasteiger partial charge >= 0.3 is 6.09 Å². The molecule has 0 aliphatic rings. The van der Waals surface area contributed by atoms with Gasteiger partial charge in [0.15, 0.2) is 5.65 Å². The van der Waals surface area contributed by atoms with Gasteiger partial charge in [-0.25, -0.2) is 14.5 Å². The van der Waals surface area contributed by atoms with Gasteiger partial charge in [-0.15, -0.1) is 0 Å². The van der Waals surface area contributed by atoms with E-state index in [-0.39, 0.29) is 34.0 Å². The second-order valence-corrected chi connectivity index (χ2v) is 12.7. The van der Waals surface area contributed by atoms with Crippen molar-refractivity contribution in [3.8, 4) is 5.69 Å². The Morgan fingerprint density at radius 3 is 2.32 bits per heavy atom. The number of benzene rings is 2. The molecule has 2 aromatic heterocycles. The molecule has 0 saturated heterocycles. The van der Waals surface area contributed by atoms with Gasteiger partial charge in [0.2, 0.25) is 5.91 Å². The van der Waals surface area contributed by atoms with Crippen molar-refractivity contribution in [1.82, 2.24) is 30.4 Å². The highest BCUT2D eigenvalue weighted by atomic mass is 35.5. The molecule has 4 rings (SSSR count). The molecule has 0 spiro atoms. The number of rotatable bonds is 10. The first-order valence-electron chi connectivity index (χ1n) is 13.9. The molecule has 44 heavy (non-hydrogen) atoms. The summed E-state index contributed by atoms with van der Waals surface area (Å²) in [5, 5.41) is 14.4. The minimum Gasteiger partial charge on any atom is -0.444 e. The molecule has 4 N–H and O–H groups in total. The van der Waals surface area contributed by atoms with Crippen LogP contribution in [0.25, 0.3) is 16.7 Å². The van der Waals surface area contributed by atoms with Crippen molar-refractivity contribution in [2.45, 2.75) is 52.6 Å². The molecule has 14 heteroatoms. The fourth-order valence-corrected chi connectivity index (χ4v) is 5.33. The summed E-state index contributed by atoms with van der Waals surface area (Å²) in [5.41, 5.74) is 1.85. The van der Waals surface area contributed by atoms with E-state index in [4.69, 9.17) is 44.5 Å². The summed E-state index contributed by atoms with van der Waals surface area (Å²) in [6.45, 7) is 10.0. The first-order valence-corrected chi connectivity index (χ1v) is 15.1. The highest BCUT2D eigenvalue weighted by molar-refractivity contribution is 6.40. The molecule has 2 heterocycles. The van der Waals surface area contributed by atoms with Gasteiger partial charge in [0.1, 0.15) is 22.5 Å². The number of fused-ring (bicyclic) bond motifs is 1. The van der Waals surface area contributed by atoms with Crippen LogP contribution < -0.4 is 21.5 Å². The van der Waals surface area contributed by atoms with Crippen molar-refractivity contribution < 1.29 is 14.3 Å². The van der Waals surface area contributed by atoms with Crippen molar-refractivity contribution >= 4 is 63.5 Å². The fourth-order valence-electron chi connectivity index (χ4n) is 4.35. The van der Waals surface area contributed by atoms with Crippen LogP contribution in [0.2, 0.25) is 15.1 Å². The lowest BCUT2D eigenvalue weighted by Crippen LogP contribution is -2.38. The molecule has 0 aliphatic carbocycles. The van der Waals surface area contributed by atoms with E-state index in [0.717, 1.165) is 5.56 Å². The number of nitrogens with zero attached hydrogens (tertiary/aromatic N) is 3. The Balaban J connectivity index is 1.43. The highest BCUT2D eigenvalue weighted by Crippen LogP contribution is 2.34. The lowest BCUT2D eigenvalue weighted by atomic mass is 10.1. The van der Waals surface area contributed by atoms with Crippen LogP contribution in [0.15, 0.2) is 41.2 Å². The first kappa shape index (κ1) is 33.3. The number of aromatic amines is 1. The second-order valence-electron chi connectivity index (χ2n) is 11.4. The number of halogens is 3. The third-order valence-corrected chi connectivity index (χ3v) is 7.01. The summed E-state index contributed by atoms with van der Waals surface area (Å²) in [6, 6.07) is 10.3. The van der Waals surface area contributed by atoms with Crippen LogP contribution in [0.1, 0.15) is 57.6 Å². The topological polar surface area (TPSA) is 143 Å². The Morgan fingerprint density at radius 2 is 1.70 bits per heavy atom. The standard InChI is InChI=1S/C30H34Cl3N7O4/c1-16(2)25-24-27(40(39-25)26-20(32)13-18(31)14-21(26)33)37-22(38-28(24)42)12-17-6-8-19(9-7-17)36-23(41)15-34-10-11-35-29(43)44-30(3,4)5/h6-9,13-14,16,34H,10-12,15H2,1-5H3,(H,35,43)(H,36,41)(H,37,38,42). The van der Waals surface area contributed by atoms with Crippen molar-refractivity contribution in [2.24, 2.45) is 0 Å². The molecule has 0 atom stereocenters. The van der Waals surface area contributed by atoms with E-state index in [2.05, 4.69) is 26.0 Å². The minimum absolute atomic E-state index is 0.0656. The van der Waals surface area contributed by atoms with Crippen LogP contribution in [0.3, 0.4) is 0 Å². The first-order chi connectivity index (χ1) is 20.7. The van der Waals surface area contributed by atoms with Crippen LogP contribution in [-0.4, -0.2) is 57.0 Å². The SMILES string of the molecule is CC(C)c1nn(-c2c(Cl)cc(Cl)cc2Cl)c2nc(Cc3ccc(NC(=O)CNCCNC(=O)OC(C)(C)C)cc3)[nH]c(=O)c12. The summed E-state index contributed by atoms with van der Waals surface area (Å²) in [5.74, 6) is 0.116. The van der Waals surface area contributed by atoms with Crippen molar-refractivity contribution in [3.63, 3.8) is 0 Å². The molecule has 0 bridgehead atoms.